The summed E-state index contributed by atoms with van der Waals surface area (Å²) in [5, 5.41) is 12.9. The van der Waals surface area contributed by atoms with Crippen LogP contribution in [0.25, 0.3) is 0 Å². The van der Waals surface area contributed by atoms with Crippen LogP contribution in [-0.2, 0) is 4.79 Å². The average Bonchev–Trinajstić information content (AvgIpc) is 3.18. The number of phenolic OH excluding ortho intramolecular Hbond substituents is 1. The number of benzene rings is 2. The standard InChI is InChI=1S/C26H31N5O4S/c1-6-26(4,5)29-24(34)21(16-7-9-18(32)10-8-16)31(17-12-14(2)11-15(3)13-17)25(35)22-19(27)20(23(28)33)30-36-22/h7-13,21,32H,6,27H2,1-5H3,(H2,28,33)(H,29,34)/t21-/m0/s1. The Bertz CT molecular complexity index is 1280. The Kier molecular flexibility index (Phi) is 7.68. The first-order valence-corrected chi connectivity index (χ1v) is 12.2. The summed E-state index contributed by atoms with van der Waals surface area (Å²) in [4.78, 5) is 41.0. The number of phenols is 1. The van der Waals surface area contributed by atoms with Crippen LogP contribution in [0.4, 0.5) is 11.4 Å². The number of nitrogens with zero attached hydrogens (tertiary/aromatic N) is 2. The summed E-state index contributed by atoms with van der Waals surface area (Å²) in [5.74, 6) is -1.85. The maximum atomic E-state index is 14.1. The Morgan fingerprint density at radius 3 is 2.19 bits per heavy atom. The Labute approximate surface area is 214 Å². The summed E-state index contributed by atoms with van der Waals surface area (Å²) < 4.78 is 3.97. The molecule has 0 bridgehead atoms. The van der Waals surface area contributed by atoms with Gasteiger partial charge in [-0.1, -0.05) is 25.1 Å². The highest BCUT2D eigenvalue weighted by Crippen LogP contribution is 2.35. The van der Waals surface area contributed by atoms with Crippen molar-refractivity contribution in [2.24, 2.45) is 5.73 Å². The number of hydrogen-bond acceptors (Lipinski definition) is 7. The topological polar surface area (TPSA) is 152 Å². The van der Waals surface area contributed by atoms with Crippen molar-refractivity contribution in [3.8, 4) is 5.75 Å². The minimum atomic E-state index is -1.12. The van der Waals surface area contributed by atoms with E-state index < -0.39 is 29.3 Å². The largest absolute Gasteiger partial charge is 0.508 e. The van der Waals surface area contributed by atoms with Crippen LogP contribution in [-0.4, -0.2) is 32.7 Å². The number of nitrogens with one attached hydrogen (secondary N) is 1. The number of aryl methyl sites for hydroxylation is 2. The van der Waals surface area contributed by atoms with Gasteiger partial charge in [0.05, 0.1) is 5.69 Å². The summed E-state index contributed by atoms with van der Waals surface area (Å²) in [6.07, 6.45) is 0.655. The number of anilines is 2. The Morgan fingerprint density at radius 1 is 1.11 bits per heavy atom. The number of nitrogen functional groups attached to an aromatic ring is 1. The number of amides is 3. The fraction of sp³-hybridized carbons (Fsp3) is 0.308. The predicted molar refractivity (Wildman–Crippen MR) is 141 cm³/mol. The minimum Gasteiger partial charge on any atom is -0.508 e. The molecule has 10 heteroatoms. The van der Waals surface area contributed by atoms with Gasteiger partial charge in [-0.25, -0.2) is 0 Å². The minimum absolute atomic E-state index is 0.00529. The maximum absolute atomic E-state index is 14.1. The molecule has 0 aliphatic carbocycles. The summed E-state index contributed by atoms with van der Waals surface area (Å²) in [6.45, 7) is 9.51. The highest BCUT2D eigenvalue weighted by Gasteiger charge is 2.37. The second-order valence-corrected chi connectivity index (χ2v) is 10.2. The van der Waals surface area contributed by atoms with Crippen molar-refractivity contribution in [1.29, 1.82) is 0 Å². The van der Waals surface area contributed by atoms with Crippen molar-refractivity contribution in [2.75, 3.05) is 10.6 Å². The Hall–Kier alpha value is -3.92. The van der Waals surface area contributed by atoms with E-state index in [9.17, 15) is 19.5 Å². The SMILES string of the molecule is CCC(C)(C)NC(=O)[C@H](c1ccc(O)cc1)N(C(=O)c1snc(C(N)=O)c1N)c1cc(C)cc(C)c1. The molecule has 3 amide bonds. The van der Waals surface area contributed by atoms with Gasteiger partial charge >= 0.3 is 0 Å². The fourth-order valence-corrected chi connectivity index (χ4v) is 4.52. The van der Waals surface area contributed by atoms with E-state index in [1.165, 1.54) is 17.0 Å². The number of carbonyl (C=O) groups is 3. The first-order chi connectivity index (χ1) is 16.8. The normalized spacial score (nSPS) is 12.1. The molecular weight excluding hydrogens is 478 g/mol. The molecule has 36 heavy (non-hydrogen) atoms. The molecule has 0 unspecified atom stereocenters. The van der Waals surface area contributed by atoms with Crippen molar-refractivity contribution in [3.63, 3.8) is 0 Å². The zero-order valence-corrected chi connectivity index (χ0v) is 21.8. The fourth-order valence-electron chi connectivity index (χ4n) is 3.78. The summed E-state index contributed by atoms with van der Waals surface area (Å²) in [5.41, 5.74) is 13.3. The van der Waals surface area contributed by atoms with Gasteiger partial charge in [0.2, 0.25) is 5.91 Å². The van der Waals surface area contributed by atoms with Crippen molar-refractivity contribution >= 4 is 40.6 Å². The molecule has 0 fully saturated rings. The van der Waals surface area contributed by atoms with E-state index in [0.29, 0.717) is 17.7 Å². The molecule has 1 heterocycles. The molecule has 1 atom stereocenters. The molecule has 0 aliphatic heterocycles. The smallest absolute Gasteiger partial charge is 0.273 e. The summed E-state index contributed by atoms with van der Waals surface area (Å²) in [6, 6.07) is 10.5. The third kappa shape index (κ3) is 5.65. The quantitative estimate of drug-likeness (QED) is 0.362. The average molecular weight is 510 g/mol. The first kappa shape index (κ1) is 26.7. The molecule has 3 aromatic rings. The third-order valence-corrected chi connectivity index (χ3v) is 6.77. The molecule has 0 aliphatic rings. The first-order valence-electron chi connectivity index (χ1n) is 11.4. The molecule has 0 radical (unpaired) electrons. The zero-order chi connectivity index (χ0) is 26.8. The van der Waals surface area contributed by atoms with Gasteiger partial charge in [-0.3, -0.25) is 19.3 Å². The Morgan fingerprint density at radius 2 is 1.69 bits per heavy atom. The third-order valence-electron chi connectivity index (χ3n) is 5.92. The van der Waals surface area contributed by atoms with Crippen LogP contribution >= 0.6 is 11.5 Å². The van der Waals surface area contributed by atoms with Gasteiger partial charge in [-0.2, -0.15) is 4.37 Å². The van der Waals surface area contributed by atoms with Crippen molar-refractivity contribution in [2.45, 2.75) is 52.6 Å². The van der Waals surface area contributed by atoms with Crippen molar-refractivity contribution < 1.29 is 19.5 Å². The molecule has 190 valence electrons. The van der Waals surface area contributed by atoms with E-state index in [0.717, 1.165) is 22.7 Å². The van der Waals surface area contributed by atoms with Crippen LogP contribution in [0.15, 0.2) is 42.5 Å². The highest BCUT2D eigenvalue weighted by atomic mass is 32.1. The second kappa shape index (κ2) is 10.4. The monoisotopic (exact) mass is 509 g/mol. The number of aromatic hydroxyl groups is 1. The van der Waals surface area contributed by atoms with Crippen LogP contribution in [0, 0.1) is 13.8 Å². The van der Waals surface area contributed by atoms with Crippen LogP contribution in [0.5, 0.6) is 5.75 Å². The summed E-state index contributed by atoms with van der Waals surface area (Å²) >= 11 is 0.750. The van der Waals surface area contributed by atoms with E-state index >= 15 is 0 Å². The maximum Gasteiger partial charge on any atom is 0.273 e. The molecule has 3 rings (SSSR count). The van der Waals surface area contributed by atoms with Crippen LogP contribution < -0.4 is 21.7 Å². The van der Waals surface area contributed by atoms with Crippen molar-refractivity contribution in [1.82, 2.24) is 9.69 Å². The van der Waals surface area contributed by atoms with Crippen LogP contribution in [0.1, 0.15) is 70.1 Å². The number of rotatable bonds is 8. The predicted octanol–water partition coefficient (Wildman–Crippen LogP) is 3.84. The van der Waals surface area contributed by atoms with E-state index in [1.54, 1.807) is 24.3 Å². The zero-order valence-electron chi connectivity index (χ0n) is 21.0. The van der Waals surface area contributed by atoms with E-state index in [1.807, 2.05) is 40.7 Å². The van der Waals surface area contributed by atoms with Gasteiger partial charge in [0.15, 0.2) is 5.69 Å². The number of aromatic nitrogens is 1. The van der Waals surface area contributed by atoms with Gasteiger partial charge in [0.1, 0.15) is 16.7 Å². The lowest BCUT2D eigenvalue weighted by molar-refractivity contribution is -0.124. The molecular formula is C26H31N5O4S. The van der Waals surface area contributed by atoms with Gasteiger partial charge < -0.3 is 21.9 Å². The molecule has 6 N–H and O–H groups in total. The van der Waals surface area contributed by atoms with Crippen LogP contribution in [0.2, 0.25) is 0 Å². The lowest BCUT2D eigenvalue weighted by Crippen LogP contribution is -2.50. The van der Waals surface area contributed by atoms with Gasteiger partial charge in [0.25, 0.3) is 11.8 Å². The van der Waals surface area contributed by atoms with Gasteiger partial charge in [0, 0.05) is 11.2 Å². The molecule has 2 aromatic carbocycles. The number of hydrogen-bond donors (Lipinski definition) is 4. The van der Waals surface area contributed by atoms with Crippen LogP contribution in [0.3, 0.4) is 0 Å². The highest BCUT2D eigenvalue weighted by molar-refractivity contribution is 7.09. The second-order valence-electron chi connectivity index (χ2n) is 9.38. The van der Waals surface area contributed by atoms with Gasteiger partial charge in [-0.15, -0.1) is 0 Å². The van der Waals surface area contributed by atoms with Crippen molar-refractivity contribution in [3.05, 3.63) is 69.7 Å². The molecule has 0 saturated carbocycles. The number of nitrogens with two attached hydrogens (primary N) is 2. The Balaban J connectivity index is 2.27. The van der Waals surface area contributed by atoms with E-state index in [4.69, 9.17) is 11.5 Å². The molecule has 0 saturated heterocycles. The lowest BCUT2D eigenvalue weighted by Gasteiger charge is -2.34. The molecule has 9 nitrogen and oxygen atoms in total. The number of primary amides is 1. The van der Waals surface area contributed by atoms with E-state index in [2.05, 4.69) is 9.69 Å². The summed E-state index contributed by atoms with van der Waals surface area (Å²) in [7, 11) is 0. The lowest BCUT2D eigenvalue weighted by atomic mass is 9.97. The van der Waals surface area contributed by atoms with E-state index in [-0.39, 0.29) is 22.0 Å². The molecule has 1 aromatic heterocycles. The molecule has 0 spiro atoms. The van der Waals surface area contributed by atoms with Gasteiger partial charge in [-0.05, 0) is 86.6 Å². The number of carbonyl (C=O) groups excluding carboxylic acids is 3.